The van der Waals surface area contributed by atoms with E-state index in [2.05, 4.69) is 4.98 Å². The number of nitrogens with zero attached hydrogens (tertiary/aromatic N) is 1. The number of hydrogen-bond donors (Lipinski definition) is 1. The van der Waals surface area contributed by atoms with Crippen molar-refractivity contribution in [3.63, 3.8) is 0 Å². The highest BCUT2D eigenvalue weighted by Gasteiger charge is 2.16. The summed E-state index contributed by atoms with van der Waals surface area (Å²) in [6, 6.07) is 9.54. The normalized spacial score (nSPS) is 12.6. The summed E-state index contributed by atoms with van der Waals surface area (Å²) >= 11 is 0. The number of rotatable bonds is 2. The third-order valence-electron chi connectivity index (χ3n) is 2.73. The lowest BCUT2D eigenvalue weighted by Crippen LogP contribution is -2.08. The predicted molar refractivity (Wildman–Crippen MR) is 62.5 cm³/mol. The average Bonchev–Trinajstić information content (AvgIpc) is 2.27. The van der Waals surface area contributed by atoms with Crippen molar-refractivity contribution >= 4 is 16.9 Å². The van der Waals surface area contributed by atoms with Crippen LogP contribution in [0.5, 0.6) is 0 Å². The molecule has 0 unspecified atom stereocenters. The third-order valence-corrected chi connectivity index (χ3v) is 2.73. The molecule has 0 bridgehead atoms. The van der Waals surface area contributed by atoms with Gasteiger partial charge in [0.25, 0.3) is 0 Å². The van der Waals surface area contributed by atoms with E-state index >= 15 is 0 Å². The van der Waals surface area contributed by atoms with Crippen molar-refractivity contribution in [2.45, 2.75) is 19.8 Å². The van der Waals surface area contributed by atoms with Crippen LogP contribution < -0.4 is 0 Å². The first-order valence-corrected chi connectivity index (χ1v) is 5.18. The first-order valence-electron chi connectivity index (χ1n) is 5.18. The molecule has 3 heteroatoms. The number of para-hydroxylation sites is 1. The minimum absolute atomic E-state index is 0.530. The maximum absolute atomic E-state index is 11.0. The summed E-state index contributed by atoms with van der Waals surface area (Å²) in [6.45, 7) is 3.59. The van der Waals surface area contributed by atoms with Crippen LogP contribution in [0.3, 0.4) is 0 Å². The molecule has 0 spiro atoms. The van der Waals surface area contributed by atoms with Crippen molar-refractivity contribution in [2.24, 2.45) is 0 Å². The highest BCUT2D eigenvalue weighted by Crippen LogP contribution is 2.24. The number of aromatic nitrogens is 1. The lowest BCUT2D eigenvalue weighted by Gasteiger charge is -2.10. The number of pyridine rings is 1. The second kappa shape index (κ2) is 3.93. The molecule has 3 nitrogen and oxygen atoms in total. The molecule has 1 aromatic heterocycles. The van der Waals surface area contributed by atoms with Crippen molar-refractivity contribution < 1.29 is 9.90 Å². The molecule has 0 saturated heterocycles. The third kappa shape index (κ3) is 1.76. The molecule has 1 atom stereocenters. The fourth-order valence-electron chi connectivity index (χ4n) is 1.75. The van der Waals surface area contributed by atoms with Gasteiger partial charge in [0.1, 0.15) is 0 Å². The number of aryl methyl sites for hydroxylation is 1. The lowest BCUT2D eigenvalue weighted by molar-refractivity contribution is -0.138. The van der Waals surface area contributed by atoms with E-state index in [1.807, 2.05) is 37.3 Å². The Morgan fingerprint density at radius 3 is 2.75 bits per heavy atom. The Morgan fingerprint density at radius 2 is 2.06 bits per heavy atom. The molecule has 16 heavy (non-hydrogen) atoms. The zero-order chi connectivity index (χ0) is 11.7. The van der Waals surface area contributed by atoms with Crippen LogP contribution in [-0.4, -0.2) is 16.1 Å². The molecule has 0 aliphatic rings. The molecule has 1 aromatic carbocycles. The van der Waals surface area contributed by atoms with Crippen molar-refractivity contribution in [3.8, 4) is 0 Å². The van der Waals surface area contributed by atoms with Crippen LogP contribution >= 0.6 is 0 Å². The Balaban J connectivity index is 2.69. The molecule has 0 amide bonds. The van der Waals surface area contributed by atoms with E-state index in [1.54, 1.807) is 6.92 Å². The molecule has 1 heterocycles. The van der Waals surface area contributed by atoms with Gasteiger partial charge in [0.2, 0.25) is 0 Å². The summed E-state index contributed by atoms with van der Waals surface area (Å²) in [5.74, 6) is -1.35. The summed E-state index contributed by atoms with van der Waals surface area (Å²) in [6.07, 6.45) is 0. The number of carbonyl (C=O) groups is 1. The van der Waals surface area contributed by atoms with Crippen LogP contribution in [0.1, 0.15) is 24.1 Å². The predicted octanol–water partition coefficient (Wildman–Crippen LogP) is 2.73. The molecule has 82 valence electrons. The SMILES string of the molecule is Cc1ccc2cccc([C@H](C)C(=O)O)c2n1. The van der Waals surface area contributed by atoms with Gasteiger partial charge in [-0.2, -0.15) is 0 Å². The van der Waals surface area contributed by atoms with E-state index in [-0.39, 0.29) is 0 Å². The molecule has 0 saturated carbocycles. The van der Waals surface area contributed by atoms with Crippen LogP contribution in [0.15, 0.2) is 30.3 Å². The summed E-state index contributed by atoms with van der Waals surface area (Å²) in [4.78, 5) is 15.4. The smallest absolute Gasteiger partial charge is 0.310 e. The van der Waals surface area contributed by atoms with Crippen LogP contribution in [0.4, 0.5) is 0 Å². The van der Waals surface area contributed by atoms with E-state index in [0.29, 0.717) is 0 Å². The molecule has 1 N–H and O–H groups in total. The van der Waals surface area contributed by atoms with E-state index in [9.17, 15) is 4.79 Å². The van der Waals surface area contributed by atoms with Crippen LogP contribution in [-0.2, 0) is 4.79 Å². The first kappa shape index (κ1) is 10.6. The number of aliphatic carboxylic acids is 1. The number of benzene rings is 1. The van der Waals surface area contributed by atoms with Crippen LogP contribution in [0.2, 0.25) is 0 Å². The monoisotopic (exact) mass is 215 g/mol. The summed E-state index contributed by atoms with van der Waals surface area (Å²) in [7, 11) is 0. The Hall–Kier alpha value is -1.90. The molecule has 0 aliphatic carbocycles. The van der Waals surface area contributed by atoms with E-state index in [1.165, 1.54) is 0 Å². The van der Waals surface area contributed by atoms with Crippen LogP contribution in [0.25, 0.3) is 10.9 Å². The van der Waals surface area contributed by atoms with Gasteiger partial charge in [0.05, 0.1) is 11.4 Å². The first-order chi connectivity index (χ1) is 7.59. The largest absolute Gasteiger partial charge is 0.481 e. The molecule has 2 rings (SSSR count). The highest BCUT2D eigenvalue weighted by molar-refractivity contribution is 5.87. The van der Waals surface area contributed by atoms with E-state index in [0.717, 1.165) is 22.2 Å². The van der Waals surface area contributed by atoms with Gasteiger partial charge in [0.15, 0.2) is 0 Å². The van der Waals surface area contributed by atoms with E-state index in [4.69, 9.17) is 5.11 Å². The zero-order valence-corrected chi connectivity index (χ0v) is 9.27. The van der Waals surface area contributed by atoms with Crippen molar-refractivity contribution in [1.82, 2.24) is 4.98 Å². The number of hydrogen-bond acceptors (Lipinski definition) is 2. The molecular weight excluding hydrogens is 202 g/mol. The minimum Gasteiger partial charge on any atom is -0.481 e. The van der Waals surface area contributed by atoms with Crippen molar-refractivity contribution in [1.29, 1.82) is 0 Å². The van der Waals surface area contributed by atoms with Gasteiger partial charge < -0.3 is 5.11 Å². The van der Waals surface area contributed by atoms with Gasteiger partial charge in [-0.1, -0.05) is 24.3 Å². The number of fused-ring (bicyclic) bond motifs is 1. The molecular formula is C13H13NO2. The molecule has 0 aliphatic heterocycles. The quantitative estimate of drug-likeness (QED) is 0.838. The van der Waals surface area contributed by atoms with Gasteiger partial charge in [-0.3, -0.25) is 9.78 Å². The highest BCUT2D eigenvalue weighted by atomic mass is 16.4. The zero-order valence-electron chi connectivity index (χ0n) is 9.27. The summed E-state index contributed by atoms with van der Waals surface area (Å²) in [5.41, 5.74) is 2.46. The van der Waals surface area contributed by atoms with Gasteiger partial charge in [-0.15, -0.1) is 0 Å². The van der Waals surface area contributed by atoms with Crippen molar-refractivity contribution in [3.05, 3.63) is 41.6 Å². The second-order valence-electron chi connectivity index (χ2n) is 3.93. The Labute approximate surface area is 93.7 Å². The second-order valence-corrected chi connectivity index (χ2v) is 3.93. The van der Waals surface area contributed by atoms with Crippen molar-refractivity contribution in [2.75, 3.05) is 0 Å². The number of carboxylic acids is 1. The standard InChI is InChI=1S/C13H13NO2/c1-8-6-7-10-4-3-5-11(12(10)14-8)9(2)13(15)16/h3-7,9H,1-2H3,(H,15,16)/t9-/m0/s1. The van der Waals surface area contributed by atoms with Gasteiger partial charge in [-0.25, -0.2) is 0 Å². The molecule has 2 aromatic rings. The Bertz CT molecular complexity index is 549. The van der Waals surface area contributed by atoms with Gasteiger partial charge >= 0.3 is 5.97 Å². The summed E-state index contributed by atoms with van der Waals surface area (Å²) < 4.78 is 0. The summed E-state index contributed by atoms with van der Waals surface area (Å²) in [5, 5.41) is 10.0. The minimum atomic E-state index is -0.823. The molecule has 0 radical (unpaired) electrons. The maximum Gasteiger partial charge on any atom is 0.310 e. The Kier molecular flexibility index (Phi) is 2.60. The number of carboxylic acid groups (broad SMARTS) is 1. The maximum atomic E-state index is 11.0. The molecule has 0 fully saturated rings. The van der Waals surface area contributed by atoms with Crippen LogP contribution in [0, 0.1) is 6.92 Å². The fourth-order valence-corrected chi connectivity index (χ4v) is 1.75. The Morgan fingerprint density at radius 1 is 1.31 bits per heavy atom. The van der Waals surface area contributed by atoms with E-state index < -0.39 is 11.9 Å². The fraction of sp³-hybridized carbons (Fsp3) is 0.231. The van der Waals surface area contributed by atoms with Gasteiger partial charge in [0, 0.05) is 11.1 Å². The topological polar surface area (TPSA) is 50.2 Å². The van der Waals surface area contributed by atoms with Gasteiger partial charge in [-0.05, 0) is 25.5 Å². The lowest BCUT2D eigenvalue weighted by atomic mass is 9.98. The average molecular weight is 215 g/mol.